The number of halogens is 1. The fourth-order valence-electron chi connectivity index (χ4n) is 3.42. The van der Waals surface area contributed by atoms with Gasteiger partial charge in [0.05, 0.1) is 18.7 Å². The first-order chi connectivity index (χ1) is 13.3. The van der Waals surface area contributed by atoms with Crippen LogP contribution in [0.5, 0.6) is 0 Å². The summed E-state index contributed by atoms with van der Waals surface area (Å²) in [4.78, 5) is 42.8. The number of benzene rings is 1. The number of carboxylic acid groups (broad SMARTS) is 1. The average Bonchev–Trinajstić information content (AvgIpc) is 2.94. The Morgan fingerprint density at radius 1 is 1.25 bits per heavy atom. The lowest BCUT2D eigenvalue weighted by atomic mass is 9.88. The first-order valence-corrected chi connectivity index (χ1v) is 9.15. The van der Waals surface area contributed by atoms with Crippen molar-refractivity contribution >= 4 is 35.1 Å². The van der Waals surface area contributed by atoms with Crippen molar-refractivity contribution < 1.29 is 24.2 Å². The second-order valence-corrected chi connectivity index (χ2v) is 6.94. The average molecular weight is 403 g/mol. The van der Waals surface area contributed by atoms with E-state index in [1.807, 2.05) is 6.92 Å². The minimum atomic E-state index is -1.08. The number of rotatable bonds is 5. The molecule has 0 radical (unpaired) electrons. The third-order valence-electron chi connectivity index (χ3n) is 4.60. The molecule has 1 aromatic heterocycles. The van der Waals surface area contributed by atoms with Crippen LogP contribution in [0, 0.1) is 6.92 Å². The number of aromatic nitrogens is 1. The molecule has 1 aliphatic rings. The SMILES string of the molecule is CCOC(=O)N1c2cc(Cl)ccc2C(CC(=O)O)C1C(=O)c1ccc(C)cn1. The number of nitrogens with zero attached hydrogens (tertiary/aromatic N) is 2. The fraction of sp³-hybridized carbons (Fsp3) is 0.300. The summed E-state index contributed by atoms with van der Waals surface area (Å²) in [5.74, 6) is -2.28. The van der Waals surface area contributed by atoms with Crippen molar-refractivity contribution in [3.05, 3.63) is 58.4 Å². The Labute approximate surface area is 166 Å². The van der Waals surface area contributed by atoms with Crippen LogP contribution in [0.4, 0.5) is 10.5 Å². The highest BCUT2D eigenvalue weighted by molar-refractivity contribution is 6.31. The van der Waals surface area contributed by atoms with Crippen LogP contribution in [0.3, 0.4) is 0 Å². The number of pyridine rings is 1. The lowest BCUT2D eigenvalue weighted by Crippen LogP contribution is -2.45. The molecule has 3 rings (SSSR count). The molecule has 1 amide bonds. The quantitative estimate of drug-likeness (QED) is 0.763. The summed E-state index contributed by atoms with van der Waals surface area (Å²) in [6, 6.07) is 7.01. The molecule has 2 unspecified atom stereocenters. The Hall–Kier alpha value is -2.93. The van der Waals surface area contributed by atoms with Gasteiger partial charge in [0.25, 0.3) is 0 Å². The summed E-state index contributed by atoms with van der Waals surface area (Å²) in [6.07, 6.45) is 0.490. The van der Waals surface area contributed by atoms with Crippen LogP contribution >= 0.6 is 11.6 Å². The number of carboxylic acids is 1. The summed E-state index contributed by atoms with van der Waals surface area (Å²) in [5, 5.41) is 9.77. The first-order valence-electron chi connectivity index (χ1n) is 8.77. The standard InChI is InChI=1S/C20H19ClN2O5/c1-3-28-20(27)23-16-8-12(21)5-6-13(16)14(9-17(24)25)18(23)19(26)15-7-4-11(2)10-22-15/h4-8,10,14,18H,3,9H2,1-2H3,(H,24,25). The highest BCUT2D eigenvalue weighted by Gasteiger charge is 2.47. The number of carbonyl (C=O) groups excluding carboxylic acids is 2. The van der Waals surface area contributed by atoms with Crippen molar-refractivity contribution in [2.45, 2.75) is 32.2 Å². The number of hydrogen-bond donors (Lipinski definition) is 1. The number of fused-ring (bicyclic) bond motifs is 1. The third kappa shape index (κ3) is 3.71. The lowest BCUT2D eigenvalue weighted by molar-refractivity contribution is -0.137. The molecule has 28 heavy (non-hydrogen) atoms. The molecule has 146 valence electrons. The number of Topliss-reactive ketones (excluding diaryl/α,β-unsaturated/α-hetero) is 1. The van der Waals surface area contributed by atoms with Gasteiger partial charge in [-0.3, -0.25) is 19.5 Å². The minimum absolute atomic E-state index is 0.110. The Morgan fingerprint density at radius 3 is 2.61 bits per heavy atom. The summed E-state index contributed by atoms with van der Waals surface area (Å²) < 4.78 is 5.14. The van der Waals surface area contributed by atoms with E-state index in [4.69, 9.17) is 16.3 Å². The van der Waals surface area contributed by atoms with Gasteiger partial charge in [-0.05, 0) is 43.2 Å². The van der Waals surface area contributed by atoms with Gasteiger partial charge < -0.3 is 9.84 Å². The zero-order valence-corrected chi connectivity index (χ0v) is 16.1. The highest BCUT2D eigenvalue weighted by Crippen LogP contribution is 2.45. The van der Waals surface area contributed by atoms with E-state index in [1.54, 1.807) is 43.5 Å². The van der Waals surface area contributed by atoms with Gasteiger partial charge in [-0.2, -0.15) is 0 Å². The summed E-state index contributed by atoms with van der Waals surface area (Å²) in [6.45, 7) is 3.60. The number of ether oxygens (including phenoxy) is 1. The molecule has 7 nitrogen and oxygen atoms in total. The number of carbonyl (C=O) groups is 3. The molecule has 0 spiro atoms. The number of amides is 1. The van der Waals surface area contributed by atoms with Gasteiger partial charge in [-0.15, -0.1) is 0 Å². The van der Waals surface area contributed by atoms with Crippen molar-refractivity contribution in [1.29, 1.82) is 0 Å². The molecule has 2 aromatic rings. The monoisotopic (exact) mass is 402 g/mol. The van der Waals surface area contributed by atoms with Gasteiger partial charge in [-0.25, -0.2) is 4.79 Å². The van der Waals surface area contributed by atoms with Gasteiger partial charge in [0.2, 0.25) is 5.78 Å². The van der Waals surface area contributed by atoms with E-state index in [2.05, 4.69) is 4.98 Å². The van der Waals surface area contributed by atoms with E-state index in [0.717, 1.165) is 5.56 Å². The molecule has 0 bridgehead atoms. The normalized spacial score (nSPS) is 17.9. The van der Waals surface area contributed by atoms with E-state index in [-0.39, 0.29) is 18.7 Å². The van der Waals surface area contributed by atoms with E-state index in [1.165, 1.54) is 4.90 Å². The van der Waals surface area contributed by atoms with Gasteiger partial charge in [0.1, 0.15) is 11.7 Å². The highest BCUT2D eigenvalue weighted by atomic mass is 35.5. The number of anilines is 1. The summed E-state index contributed by atoms with van der Waals surface area (Å²) >= 11 is 6.09. The maximum atomic E-state index is 13.3. The van der Waals surface area contributed by atoms with E-state index >= 15 is 0 Å². The van der Waals surface area contributed by atoms with Crippen molar-refractivity contribution in [3.8, 4) is 0 Å². The number of aryl methyl sites for hydroxylation is 1. The smallest absolute Gasteiger partial charge is 0.414 e. The van der Waals surface area contributed by atoms with Crippen LogP contribution in [-0.4, -0.2) is 40.6 Å². The van der Waals surface area contributed by atoms with Gasteiger partial charge in [0, 0.05) is 17.1 Å². The molecule has 8 heteroatoms. The minimum Gasteiger partial charge on any atom is -0.481 e. The fourth-order valence-corrected chi connectivity index (χ4v) is 3.58. The number of aliphatic carboxylic acids is 1. The van der Waals surface area contributed by atoms with Gasteiger partial charge in [-0.1, -0.05) is 23.7 Å². The summed E-state index contributed by atoms with van der Waals surface area (Å²) in [5.41, 5.74) is 1.97. The maximum Gasteiger partial charge on any atom is 0.414 e. The zero-order valence-electron chi connectivity index (χ0n) is 15.4. The van der Waals surface area contributed by atoms with Gasteiger partial charge in [0.15, 0.2) is 0 Å². The Morgan fingerprint density at radius 2 is 2.00 bits per heavy atom. The Balaban J connectivity index is 2.13. The van der Waals surface area contributed by atoms with E-state index in [0.29, 0.717) is 16.3 Å². The maximum absolute atomic E-state index is 13.3. The molecule has 2 heterocycles. The molecular weight excluding hydrogens is 384 g/mol. The second-order valence-electron chi connectivity index (χ2n) is 6.51. The topological polar surface area (TPSA) is 96.8 Å². The van der Waals surface area contributed by atoms with Crippen LogP contribution in [0.25, 0.3) is 0 Å². The molecule has 2 atom stereocenters. The van der Waals surface area contributed by atoms with E-state index in [9.17, 15) is 19.5 Å². The van der Waals surface area contributed by atoms with Crippen molar-refractivity contribution in [2.75, 3.05) is 11.5 Å². The van der Waals surface area contributed by atoms with E-state index < -0.39 is 29.8 Å². The zero-order chi connectivity index (χ0) is 20.4. The number of hydrogen-bond acceptors (Lipinski definition) is 5. The molecule has 0 saturated carbocycles. The first kappa shape index (κ1) is 19.8. The van der Waals surface area contributed by atoms with Gasteiger partial charge >= 0.3 is 12.1 Å². The van der Waals surface area contributed by atoms with Crippen molar-refractivity contribution in [1.82, 2.24) is 4.98 Å². The lowest BCUT2D eigenvalue weighted by Gasteiger charge is -2.26. The Kier molecular flexibility index (Phi) is 5.65. The molecule has 0 aliphatic carbocycles. The van der Waals surface area contributed by atoms with Crippen LogP contribution in [0.1, 0.15) is 40.9 Å². The predicted octanol–water partition coefficient (Wildman–Crippen LogP) is 3.83. The Bertz CT molecular complexity index is 929. The number of ketones is 1. The van der Waals surface area contributed by atoms with Crippen molar-refractivity contribution in [2.24, 2.45) is 0 Å². The molecule has 0 saturated heterocycles. The third-order valence-corrected chi connectivity index (χ3v) is 4.84. The second kappa shape index (κ2) is 7.98. The molecule has 1 aliphatic heterocycles. The van der Waals surface area contributed by atoms with Crippen LogP contribution in [0.2, 0.25) is 5.02 Å². The van der Waals surface area contributed by atoms with Crippen LogP contribution in [0.15, 0.2) is 36.5 Å². The van der Waals surface area contributed by atoms with Crippen molar-refractivity contribution in [3.63, 3.8) is 0 Å². The molecular formula is C20H19ClN2O5. The molecule has 1 N–H and O–H groups in total. The summed E-state index contributed by atoms with van der Waals surface area (Å²) in [7, 11) is 0. The molecule has 0 fully saturated rings. The predicted molar refractivity (Wildman–Crippen MR) is 103 cm³/mol. The molecule has 1 aromatic carbocycles. The largest absolute Gasteiger partial charge is 0.481 e. The van der Waals surface area contributed by atoms with Crippen LogP contribution in [-0.2, 0) is 9.53 Å². The van der Waals surface area contributed by atoms with Crippen LogP contribution < -0.4 is 4.90 Å².